The molecular formula is C16H30N2O3. The van der Waals surface area contributed by atoms with Crippen LogP contribution in [-0.4, -0.2) is 41.6 Å². The first-order chi connectivity index (χ1) is 9.60. The summed E-state index contributed by atoms with van der Waals surface area (Å²) in [4.78, 5) is 26.3. The number of carbonyl (C=O) groups is 2. The molecule has 1 atom stereocenters. The van der Waals surface area contributed by atoms with Gasteiger partial charge in [-0.25, -0.2) is 9.59 Å². The predicted molar refractivity (Wildman–Crippen MR) is 83.0 cm³/mol. The van der Waals surface area contributed by atoms with Gasteiger partial charge in [-0.2, -0.15) is 0 Å². The third-order valence-corrected chi connectivity index (χ3v) is 3.68. The van der Waals surface area contributed by atoms with Gasteiger partial charge >= 0.3 is 12.0 Å². The monoisotopic (exact) mass is 298 g/mol. The Kier molecular flexibility index (Phi) is 6.05. The summed E-state index contributed by atoms with van der Waals surface area (Å²) < 4.78 is 5.39. The average Bonchev–Trinajstić information content (AvgIpc) is 2.33. The van der Waals surface area contributed by atoms with Gasteiger partial charge in [0.05, 0.1) is 0 Å². The number of likely N-dealkylation sites (tertiary alicyclic amines) is 1. The maximum absolute atomic E-state index is 12.3. The van der Waals surface area contributed by atoms with Crippen LogP contribution in [0.2, 0.25) is 0 Å². The highest BCUT2D eigenvalue weighted by Crippen LogP contribution is 2.17. The second kappa shape index (κ2) is 7.14. The minimum atomic E-state index is -0.601. The van der Waals surface area contributed by atoms with Crippen molar-refractivity contribution in [3.8, 4) is 0 Å². The third-order valence-electron chi connectivity index (χ3n) is 3.68. The molecule has 2 amide bonds. The number of hydrogen-bond acceptors (Lipinski definition) is 3. The first-order valence-corrected chi connectivity index (χ1v) is 7.88. The van der Waals surface area contributed by atoms with Gasteiger partial charge in [-0.1, -0.05) is 20.8 Å². The first-order valence-electron chi connectivity index (χ1n) is 7.88. The van der Waals surface area contributed by atoms with E-state index in [0.717, 1.165) is 25.9 Å². The van der Waals surface area contributed by atoms with Crippen LogP contribution in [0.15, 0.2) is 0 Å². The molecule has 1 saturated heterocycles. The molecule has 0 bridgehead atoms. The van der Waals surface area contributed by atoms with E-state index in [1.807, 2.05) is 34.6 Å². The number of piperidine rings is 1. The number of amides is 2. The lowest BCUT2D eigenvalue weighted by Gasteiger charge is -2.33. The summed E-state index contributed by atoms with van der Waals surface area (Å²) in [6.45, 7) is 13.0. The zero-order valence-electron chi connectivity index (χ0n) is 14.2. The molecule has 0 spiro atoms. The van der Waals surface area contributed by atoms with E-state index in [9.17, 15) is 9.59 Å². The van der Waals surface area contributed by atoms with Crippen molar-refractivity contribution >= 4 is 12.0 Å². The fourth-order valence-corrected chi connectivity index (χ4v) is 2.30. The molecule has 1 N–H and O–H groups in total. The predicted octanol–water partition coefficient (Wildman–Crippen LogP) is 2.79. The van der Waals surface area contributed by atoms with Crippen LogP contribution < -0.4 is 5.32 Å². The van der Waals surface area contributed by atoms with Crippen molar-refractivity contribution in [2.45, 2.75) is 66.0 Å². The number of hydrogen-bond donors (Lipinski definition) is 1. The van der Waals surface area contributed by atoms with Gasteiger partial charge in [0, 0.05) is 13.1 Å². The lowest BCUT2D eigenvalue weighted by atomic mass is 9.99. The van der Waals surface area contributed by atoms with Gasteiger partial charge in [0.15, 0.2) is 0 Å². The number of esters is 1. The minimum absolute atomic E-state index is 0.00693. The maximum atomic E-state index is 12.3. The Morgan fingerprint density at radius 1 is 1.19 bits per heavy atom. The van der Waals surface area contributed by atoms with Crippen LogP contribution >= 0.6 is 0 Å². The highest BCUT2D eigenvalue weighted by Gasteiger charge is 2.31. The summed E-state index contributed by atoms with van der Waals surface area (Å²) in [5.74, 6) is 0.296. The fraction of sp³-hybridized carbons (Fsp3) is 0.875. The highest BCUT2D eigenvalue weighted by molar-refractivity contribution is 5.84. The van der Waals surface area contributed by atoms with Crippen LogP contribution in [0.3, 0.4) is 0 Å². The van der Waals surface area contributed by atoms with Crippen molar-refractivity contribution in [1.82, 2.24) is 10.2 Å². The van der Waals surface area contributed by atoms with Crippen LogP contribution in [0.5, 0.6) is 0 Å². The molecule has 0 saturated carbocycles. The number of nitrogens with one attached hydrogen (secondary N) is 1. The first kappa shape index (κ1) is 17.8. The number of ether oxygens (including phenoxy) is 1. The quantitative estimate of drug-likeness (QED) is 0.815. The lowest BCUT2D eigenvalue weighted by molar-refractivity contribution is -0.158. The Hall–Kier alpha value is -1.26. The van der Waals surface area contributed by atoms with Crippen molar-refractivity contribution in [3.63, 3.8) is 0 Å². The zero-order valence-corrected chi connectivity index (χ0v) is 14.2. The van der Waals surface area contributed by atoms with E-state index in [4.69, 9.17) is 4.74 Å². The molecule has 0 unspecified atom stereocenters. The molecule has 0 aromatic heterocycles. The Labute approximate surface area is 128 Å². The second-order valence-electron chi connectivity index (χ2n) is 7.37. The minimum Gasteiger partial charge on any atom is -0.458 e. The molecule has 5 nitrogen and oxygen atoms in total. The summed E-state index contributed by atoms with van der Waals surface area (Å²) in [5.41, 5.74) is -0.546. The lowest BCUT2D eigenvalue weighted by Crippen LogP contribution is -2.53. The Balaban J connectivity index is 2.61. The van der Waals surface area contributed by atoms with Gasteiger partial charge in [0.1, 0.15) is 11.6 Å². The number of nitrogens with zero attached hydrogens (tertiary/aromatic N) is 1. The molecular weight excluding hydrogens is 268 g/mol. The fourth-order valence-electron chi connectivity index (χ4n) is 2.30. The van der Waals surface area contributed by atoms with Crippen molar-refractivity contribution in [2.24, 2.45) is 11.8 Å². The highest BCUT2D eigenvalue weighted by atomic mass is 16.6. The van der Waals surface area contributed by atoms with Crippen molar-refractivity contribution < 1.29 is 14.3 Å². The van der Waals surface area contributed by atoms with E-state index >= 15 is 0 Å². The molecule has 1 heterocycles. The van der Waals surface area contributed by atoms with Crippen molar-refractivity contribution in [2.75, 3.05) is 13.1 Å². The molecule has 122 valence electrons. The molecule has 1 aliphatic heterocycles. The molecule has 5 heteroatoms. The van der Waals surface area contributed by atoms with Crippen LogP contribution in [0, 0.1) is 11.8 Å². The Bertz CT molecular complexity index is 366. The summed E-state index contributed by atoms with van der Waals surface area (Å²) in [6.07, 6.45) is 2.04. The molecule has 0 radical (unpaired) electrons. The van der Waals surface area contributed by atoms with E-state index in [2.05, 4.69) is 12.2 Å². The van der Waals surface area contributed by atoms with Gasteiger partial charge in [-0.3, -0.25) is 0 Å². The smallest absolute Gasteiger partial charge is 0.329 e. The maximum Gasteiger partial charge on any atom is 0.329 e. The second-order valence-corrected chi connectivity index (χ2v) is 7.37. The van der Waals surface area contributed by atoms with Crippen LogP contribution in [0.1, 0.15) is 54.4 Å². The SMILES string of the molecule is CC1CCN(C(=O)N[C@@H](C(=O)OC(C)(C)C)C(C)C)CC1. The van der Waals surface area contributed by atoms with Gasteiger partial charge < -0.3 is 15.0 Å². The third kappa shape index (κ3) is 5.94. The molecule has 0 aromatic rings. The summed E-state index contributed by atoms with van der Waals surface area (Å²) in [7, 11) is 0. The van der Waals surface area contributed by atoms with Crippen LogP contribution in [0.4, 0.5) is 4.79 Å². The standard InChI is InChI=1S/C16H30N2O3/c1-11(2)13(14(19)21-16(4,5)6)17-15(20)18-9-7-12(3)8-10-18/h11-13H,7-10H2,1-6H3,(H,17,20)/t13-/m1/s1. The topological polar surface area (TPSA) is 58.6 Å². The van der Waals surface area contributed by atoms with E-state index in [0.29, 0.717) is 5.92 Å². The summed E-state index contributed by atoms with van der Waals surface area (Å²) >= 11 is 0. The number of carbonyl (C=O) groups excluding carboxylic acids is 2. The number of rotatable bonds is 3. The Morgan fingerprint density at radius 2 is 1.71 bits per heavy atom. The Morgan fingerprint density at radius 3 is 2.14 bits per heavy atom. The van der Waals surface area contributed by atoms with Crippen LogP contribution in [0.25, 0.3) is 0 Å². The van der Waals surface area contributed by atoms with E-state index < -0.39 is 11.6 Å². The van der Waals surface area contributed by atoms with Gasteiger partial charge in [0.2, 0.25) is 0 Å². The molecule has 1 aliphatic rings. The zero-order chi connectivity index (χ0) is 16.2. The normalized spacial score (nSPS) is 18.5. The molecule has 1 rings (SSSR count). The summed E-state index contributed by atoms with van der Waals surface area (Å²) in [6, 6.07) is -0.762. The molecule has 21 heavy (non-hydrogen) atoms. The van der Waals surface area contributed by atoms with Crippen molar-refractivity contribution in [1.29, 1.82) is 0 Å². The van der Waals surface area contributed by atoms with E-state index in [-0.39, 0.29) is 17.9 Å². The molecule has 0 aliphatic carbocycles. The van der Waals surface area contributed by atoms with Crippen LogP contribution in [-0.2, 0) is 9.53 Å². The van der Waals surface area contributed by atoms with Gasteiger partial charge in [-0.05, 0) is 45.4 Å². The van der Waals surface area contributed by atoms with Gasteiger partial charge in [-0.15, -0.1) is 0 Å². The van der Waals surface area contributed by atoms with E-state index in [1.54, 1.807) is 4.90 Å². The average molecular weight is 298 g/mol. The molecule has 1 fully saturated rings. The molecule has 0 aromatic carbocycles. The van der Waals surface area contributed by atoms with E-state index in [1.165, 1.54) is 0 Å². The van der Waals surface area contributed by atoms with Gasteiger partial charge in [0.25, 0.3) is 0 Å². The number of urea groups is 1. The summed E-state index contributed by atoms with van der Waals surface area (Å²) in [5, 5.41) is 2.84. The van der Waals surface area contributed by atoms with Crippen molar-refractivity contribution in [3.05, 3.63) is 0 Å². The largest absolute Gasteiger partial charge is 0.458 e.